The van der Waals surface area contributed by atoms with E-state index in [1.54, 1.807) is 0 Å². The zero-order valence-electron chi connectivity index (χ0n) is 12.5. The van der Waals surface area contributed by atoms with Crippen molar-refractivity contribution in [2.75, 3.05) is 13.2 Å². The van der Waals surface area contributed by atoms with Gasteiger partial charge >= 0.3 is 5.24 Å². The van der Waals surface area contributed by atoms with Crippen molar-refractivity contribution < 1.29 is 13.6 Å². The molecule has 0 atom stereocenters. The van der Waals surface area contributed by atoms with Crippen LogP contribution in [0.15, 0.2) is 0 Å². The van der Waals surface area contributed by atoms with Crippen molar-refractivity contribution in [3.05, 3.63) is 0 Å². The third kappa shape index (κ3) is 15.1. The second-order valence-corrected chi connectivity index (χ2v) is 9.85. The van der Waals surface area contributed by atoms with Crippen LogP contribution in [-0.4, -0.2) is 13.2 Å². The summed E-state index contributed by atoms with van der Waals surface area (Å²) in [6.45, 7) is 5.51. The normalized spacial score (nSPS) is 11.9. The summed E-state index contributed by atoms with van der Waals surface area (Å²) in [4.78, 5) is 0. The molecule has 0 aromatic carbocycles. The molecule has 0 aliphatic carbocycles. The molecule has 0 amide bonds. The molecule has 3 nitrogen and oxygen atoms in total. The van der Waals surface area contributed by atoms with Gasteiger partial charge in [0.25, 0.3) is 0 Å². The first-order valence-electron chi connectivity index (χ1n) is 7.71. The van der Waals surface area contributed by atoms with Crippen LogP contribution in [0.3, 0.4) is 0 Å². The Morgan fingerprint density at radius 2 is 1.11 bits per heavy atom. The highest BCUT2D eigenvalue weighted by molar-refractivity contribution is 14.2. The molecule has 0 bridgehead atoms. The monoisotopic (exact) mass is 404 g/mol. The van der Waals surface area contributed by atoms with Gasteiger partial charge < -0.3 is 9.05 Å². The molecule has 0 heterocycles. The Morgan fingerprint density at radius 1 is 0.737 bits per heavy atom. The quantitative estimate of drug-likeness (QED) is 0.188. The Bertz CT molecular complexity index is 217. The van der Waals surface area contributed by atoms with Crippen LogP contribution < -0.4 is 0 Å². The minimum atomic E-state index is -2.83. The van der Waals surface area contributed by atoms with Crippen LogP contribution in [0.2, 0.25) is 0 Å². The standard InChI is InChI=1S/C14H30IO3P/c1-3-5-7-9-11-13-17-19(15,16)18-14-12-10-8-6-4-2/h3-14H2,1-2H3. The maximum atomic E-state index is 11.9. The molecule has 0 radical (unpaired) electrons. The van der Waals surface area contributed by atoms with E-state index < -0.39 is 5.24 Å². The van der Waals surface area contributed by atoms with E-state index in [9.17, 15) is 4.57 Å². The summed E-state index contributed by atoms with van der Waals surface area (Å²) in [5.41, 5.74) is 0. The fourth-order valence-electron chi connectivity index (χ4n) is 1.80. The van der Waals surface area contributed by atoms with Crippen LogP contribution in [0.4, 0.5) is 0 Å². The lowest BCUT2D eigenvalue weighted by atomic mass is 10.2. The molecular weight excluding hydrogens is 374 g/mol. The van der Waals surface area contributed by atoms with Crippen LogP contribution in [0.25, 0.3) is 0 Å². The second kappa shape index (κ2) is 13.8. The summed E-state index contributed by atoms with van der Waals surface area (Å²) in [5.74, 6) is 0. The highest BCUT2D eigenvalue weighted by Crippen LogP contribution is 2.56. The van der Waals surface area contributed by atoms with E-state index in [2.05, 4.69) is 13.8 Å². The maximum absolute atomic E-state index is 11.9. The van der Waals surface area contributed by atoms with Gasteiger partial charge in [0, 0.05) is 0 Å². The number of halogens is 1. The van der Waals surface area contributed by atoms with Crippen molar-refractivity contribution >= 4 is 27.3 Å². The zero-order valence-corrected chi connectivity index (χ0v) is 15.6. The molecule has 0 spiro atoms. The average Bonchev–Trinajstić information content (AvgIpc) is 2.38. The van der Waals surface area contributed by atoms with Crippen LogP contribution in [-0.2, 0) is 13.6 Å². The number of hydrogen-bond donors (Lipinski definition) is 0. The fourth-order valence-corrected chi connectivity index (χ4v) is 3.75. The summed E-state index contributed by atoms with van der Waals surface area (Å²) >= 11 is 1.82. The third-order valence-corrected chi connectivity index (χ3v) is 5.64. The molecule has 0 aliphatic rings. The van der Waals surface area contributed by atoms with Crippen molar-refractivity contribution in [3.63, 3.8) is 0 Å². The number of unbranched alkanes of at least 4 members (excludes halogenated alkanes) is 8. The van der Waals surface area contributed by atoms with Crippen LogP contribution >= 0.6 is 27.3 Å². The lowest BCUT2D eigenvalue weighted by Crippen LogP contribution is -1.95. The highest BCUT2D eigenvalue weighted by atomic mass is 127. The number of hydrogen-bond acceptors (Lipinski definition) is 3. The molecule has 0 fully saturated rings. The molecule has 0 saturated carbocycles. The van der Waals surface area contributed by atoms with Gasteiger partial charge in [-0.2, -0.15) is 0 Å². The lowest BCUT2D eigenvalue weighted by molar-refractivity contribution is 0.215. The lowest BCUT2D eigenvalue weighted by Gasteiger charge is -2.12. The van der Waals surface area contributed by atoms with E-state index in [1.165, 1.54) is 38.5 Å². The molecule has 0 aromatic rings. The first kappa shape index (κ1) is 19.9. The summed E-state index contributed by atoms with van der Waals surface area (Å²) in [6, 6.07) is 0. The largest absolute Gasteiger partial charge is 0.388 e. The molecule has 0 unspecified atom stereocenters. The van der Waals surface area contributed by atoms with Crippen molar-refractivity contribution in [1.29, 1.82) is 0 Å². The Morgan fingerprint density at radius 3 is 1.47 bits per heavy atom. The predicted molar refractivity (Wildman–Crippen MR) is 91.0 cm³/mol. The van der Waals surface area contributed by atoms with Gasteiger partial charge in [0.2, 0.25) is 0 Å². The van der Waals surface area contributed by atoms with Gasteiger partial charge in [0.1, 0.15) is 0 Å². The second-order valence-electron chi connectivity index (χ2n) is 4.93. The zero-order chi connectivity index (χ0) is 14.4. The molecule has 0 saturated heterocycles. The topological polar surface area (TPSA) is 35.5 Å². The number of rotatable bonds is 14. The average molecular weight is 404 g/mol. The molecule has 116 valence electrons. The SMILES string of the molecule is CCCCCCCOP(=O)(I)OCCCCCCC. The predicted octanol–water partition coefficient (Wildman–Crippen LogP) is 6.50. The van der Waals surface area contributed by atoms with Gasteiger partial charge in [-0.25, -0.2) is 4.57 Å². The third-order valence-electron chi connectivity index (χ3n) is 2.99. The summed E-state index contributed by atoms with van der Waals surface area (Å²) in [7, 11) is 0. The molecule has 19 heavy (non-hydrogen) atoms. The van der Waals surface area contributed by atoms with E-state index in [0.717, 1.165) is 25.7 Å². The van der Waals surface area contributed by atoms with E-state index in [1.807, 2.05) is 22.0 Å². The molecule has 0 aromatic heterocycles. The summed E-state index contributed by atoms with van der Waals surface area (Å²) < 4.78 is 22.6. The minimum Gasteiger partial charge on any atom is -0.301 e. The highest BCUT2D eigenvalue weighted by Gasteiger charge is 2.18. The molecular formula is C14H30IO3P. The van der Waals surface area contributed by atoms with Gasteiger partial charge in [-0.1, -0.05) is 65.2 Å². The van der Waals surface area contributed by atoms with Crippen LogP contribution in [0.1, 0.15) is 78.1 Å². The van der Waals surface area contributed by atoms with E-state index in [0.29, 0.717) is 13.2 Å². The first-order valence-corrected chi connectivity index (χ1v) is 12.0. The van der Waals surface area contributed by atoms with Crippen molar-refractivity contribution in [1.82, 2.24) is 0 Å². The Labute approximate surface area is 132 Å². The Kier molecular flexibility index (Phi) is 14.5. The molecule has 0 aliphatic heterocycles. The van der Waals surface area contributed by atoms with Crippen molar-refractivity contribution in [2.24, 2.45) is 0 Å². The van der Waals surface area contributed by atoms with Gasteiger partial charge in [-0.3, -0.25) is 0 Å². The van der Waals surface area contributed by atoms with E-state index in [-0.39, 0.29) is 0 Å². The van der Waals surface area contributed by atoms with Gasteiger partial charge in [0.05, 0.1) is 35.3 Å². The van der Waals surface area contributed by atoms with Gasteiger partial charge in [0.15, 0.2) is 0 Å². The smallest absolute Gasteiger partial charge is 0.301 e. The maximum Gasteiger partial charge on any atom is 0.388 e. The molecule has 0 rings (SSSR count). The van der Waals surface area contributed by atoms with Gasteiger partial charge in [-0.05, 0) is 12.8 Å². The van der Waals surface area contributed by atoms with Crippen molar-refractivity contribution in [3.8, 4) is 0 Å². The Balaban J connectivity index is 3.39. The van der Waals surface area contributed by atoms with Gasteiger partial charge in [-0.15, -0.1) is 0 Å². The molecule has 0 N–H and O–H groups in total. The minimum absolute atomic E-state index is 0.555. The van der Waals surface area contributed by atoms with E-state index >= 15 is 0 Å². The van der Waals surface area contributed by atoms with E-state index in [4.69, 9.17) is 9.05 Å². The van der Waals surface area contributed by atoms with Crippen LogP contribution in [0, 0.1) is 0 Å². The summed E-state index contributed by atoms with van der Waals surface area (Å²) in [5, 5.41) is -2.83. The van der Waals surface area contributed by atoms with Crippen LogP contribution in [0.5, 0.6) is 0 Å². The Hall–Kier alpha value is 0.880. The van der Waals surface area contributed by atoms with Crippen molar-refractivity contribution in [2.45, 2.75) is 78.1 Å². The summed E-state index contributed by atoms with van der Waals surface area (Å²) in [6.07, 6.45) is 11.8. The molecule has 5 heteroatoms. The first-order chi connectivity index (χ1) is 9.12. The fraction of sp³-hybridized carbons (Fsp3) is 1.00.